The van der Waals surface area contributed by atoms with Gasteiger partial charge in [-0.05, 0) is 50.6 Å². The lowest BCUT2D eigenvalue weighted by atomic mass is 10.1. The zero-order valence-corrected chi connectivity index (χ0v) is 21.1. The highest BCUT2D eigenvalue weighted by molar-refractivity contribution is 7.99. The highest BCUT2D eigenvalue weighted by Crippen LogP contribution is 2.26. The summed E-state index contributed by atoms with van der Waals surface area (Å²) in [6.45, 7) is 13.7. The number of nitrogens with one attached hydrogen (secondary N) is 2. The third-order valence-electron chi connectivity index (χ3n) is 5.72. The van der Waals surface area contributed by atoms with Gasteiger partial charge < -0.3 is 10.3 Å². The Morgan fingerprint density at radius 1 is 1.19 bits per heavy atom. The number of benzene rings is 1. The fraction of sp³-hybridized carbons (Fsp3) is 0.458. The number of H-pyrrole nitrogens is 1. The van der Waals surface area contributed by atoms with E-state index in [2.05, 4.69) is 58.3 Å². The largest absolute Gasteiger partial charge is 0.351 e. The van der Waals surface area contributed by atoms with E-state index in [1.165, 1.54) is 28.7 Å². The fourth-order valence-electron chi connectivity index (χ4n) is 3.45. The normalized spacial score (nSPS) is 12.4. The summed E-state index contributed by atoms with van der Waals surface area (Å²) in [5.74, 6) is 1.07. The molecule has 0 saturated carbocycles. The molecule has 2 aromatic heterocycles. The minimum absolute atomic E-state index is 0.0199. The number of carbonyl (C=O) groups is 1. The average molecular weight is 473 g/mol. The van der Waals surface area contributed by atoms with Crippen molar-refractivity contribution in [3.05, 3.63) is 62.0 Å². The maximum absolute atomic E-state index is 12.5. The van der Waals surface area contributed by atoms with Crippen LogP contribution in [0, 0.1) is 13.8 Å². The van der Waals surface area contributed by atoms with Gasteiger partial charge in [0.15, 0.2) is 0 Å². The Morgan fingerprint density at radius 2 is 1.84 bits per heavy atom. The average Bonchev–Trinajstić information content (AvgIpc) is 3.08. The number of aryl methyl sites for hydroxylation is 2. The number of rotatable bonds is 10. The first-order valence-corrected chi connectivity index (χ1v) is 12.9. The van der Waals surface area contributed by atoms with Crippen molar-refractivity contribution in [1.29, 1.82) is 0 Å². The van der Waals surface area contributed by atoms with Crippen molar-refractivity contribution in [3.63, 3.8) is 0 Å². The predicted molar refractivity (Wildman–Crippen MR) is 135 cm³/mol. The van der Waals surface area contributed by atoms with Crippen LogP contribution in [0.25, 0.3) is 10.2 Å². The van der Waals surface area contributed by atoms with Crippen molar-refractivity contribution in [3.8, 4) is 0 Å². The van der Waals surface area contributed by atoms with Crippen LogP contribution < -0.4 is 10.9 Å². The summed E-state index contributed by atoms with van der Waals surface area (Å²) in [5, 5.41) is 3.44. The number of amides is 1. The van der Waals surface area contributed by atoms with Crippen LogP contribution in [-0.4, -0.2) is 39.1 Å². The molecule has 1 amide bonds. The van der Waals surface area contributed by atoms with Gasteiger partial charge in [0, 0.05) is 18.0 Å². The summed E-state index contributed by atoms with van der Waals surface area (Å²) in [7, 11) is 0. The number of hydrogen-bond acceptors (Lipinski definition) is 6. The molecule has 0 aliphatic heterocycles. The predicted octanol–water partition coefficient (Wildman–Crippen LogP) is 4.38. The van der Waals surface area contributed by atoms with Crippen LogP contribution in [0.15, 0.2) is 29.1 Å². The number of thioether (sulfide) groups is 1. The summed E-state index contributed by atoms with van der Waals surface area (Å²) in [4.78, 5) is 36.6. The monoisotopic (exact) mass is 472 g/mol. The van der Waals surface area contributed by atoms with Crippen LogP contribution in [0.1, 0.15) is 48.2 Å². The summed E-state index contributed by atoms with van der Waals surface area (Å²) in [6, 6.07) is 8.41. The molecular formula is C24H32N4O2S2. The molecule has 172 valence electrons. The third kappa shape index (κ3) is 5.99. The van der Waals surface area contributed by atoms with Crippen molar-refractivity contribution in [1.82, 2.24) is 20.2 Å². The van der Waals surface area contributed by atoms with E-state index < -0.39 is 0 Å². The molecule has 8 heteroatoms. The topological polar surface area (TPSA) is 78.1 Å². The maximum Gasteiger partial charge on any atom is 0.259 e. The molecule has 1 atom stereocenters. The van der Waals surface area contributed by atoms with Crippen LogP contribution in [0.5, 0.6) is 0 Å². The SMILES string of the molecule is CCN(CC)Cc1ccc(CNC(=O)C(C)SCc2nc3sc(C)c(C)c3c(=O)[nH]2)cc1. The molecule has 0 aliphatic rings. The standard InChI is InChI=1S/C24H32N4O2S2/c1-6-28(7-2)13-19-10-8-18(9-11-19)12-25-22(29)17(5)31-14-20-26-23(30)21-15(3)16(4)32-24(21)27-20/h8-11,17H,6-7,12-14H2,1-5H3,(H,25,29)(H,26,27,30). The van der Waals surface area contributed by atoms with Gasteiger partial charge in [0.1, 0.15) is 10.7 Å². The second-order valence-electron chi connectivity index (χ2n) is 7.92. The first-order valence-electron chi connectivity index (χ1n) is 11.0. The maximum atomic E-state index is 12.5. The Hall–Kier alpha value is -2.16. The lowest BCUT2D eigenvalue weighted by Gasteiger charge is -2.18. The molecule has 1 unspecified atom stereocenters. The van der Waals surface area contributed by atoms with Crippen molar-refractivity contribution in [2.24, 2.45) is 0 Å². The molecule has 32 heavy (non-hydrogen) atoms. The second kappa shape index (κ2) is 11.1. The molecule has 2 heterocycles. The van der Waals surface area contributed by atoms with Crippen LogP contribution >= 0.6 is 23.1 Å². The van der Waals surface area contributed by atoms with Gasteiger partial charge in [-0.2, -0.15) is 0 Å². The molecule has 2 N–H and O–H groups in total. The number of aromatic nitrogens is 2. The van der Waals surface area contributed by atoms with Crippen LogP contribution in [0.4, 0.5) is 0 Å². The molecule has 0 fully saturated rings. The lowest BCUT2D eigenvalue weighted by Crippen LogP contribution is -2.30. The Bertz CT molecular complexity index is 1120. The van der Waals surface area contributed by atoms with Gasteiger partial charge in [0.05, 0.1) is 16.4 Å². The van der Waals surface area contributed by atoms with E-state index in [1.807, 2.05) is 20.8 Å². The molecule has 0 aliphatic carbocycles. The molecular weight excluding hydrogens is 440 g/mol. The van der Waals surface area contributed by atoms with Crippen molar-refractivity contribution in [2.75, 3.05) is 13.1 Å². The minimum atomic E-state index is -0.246. The second-order valence-corrected chi connectivity index (χ2v) is 10.5. The van der Waals surface area contributed by atoms with Gasteiger partial charge in [0.25, 0.3) is 5.56 Å². The van der Waals surface area contributed by atoms with Crippen molar-refractivity contribution < 1.29 is 4.79 Å². The molecule has 0 spiro atoms. The van der Waals surface area contributed by atoms with E-state index in [0.717, 1.165) is 40.5 Å². The molecule has 6 nitrogen and oxygen atoms in total. The van der Waals surface area contributed by atoms with Gasteiger partial charge in [-0.1, -0.05) is 38.1 Å². The molecule has 0 bridgehead atoms. The summed E-state index contributed by atoms with van der Waals surface area (Å²) in [5.41, 5.74) is 3.25. The third-order valence-corrected chi connectivity index (χ3v) is 7.97. The summed E-state index contributed by atoms with van der Waals surface area (Å²) < 4.78 is 0. The van der Waals surface area contributed by atoms with Crippen molar-refractivity contribution in [2.45, 2.75) is 58.7 Å². The van der Waals surface area contributed by atoms with E-state index in [0.29, 0.717) is 23.5 Å². The highest BCUT2D eigenvalue weighted by atomic mass is 32.2. The Morgan fingerprint density at radius 3 is 2.50 bits per heavy atom. The molecule has 0 saturated heterocycles. The Labute approximate surface area is 197 Å². The zero-order valence-electron chi connectivity index (χ0n) is 19.4. The first-order chi connectivity index (χ1) is 15.3. The lowest BCUT2D eigenvalue weighted by molar-refractivity contribution is -0.120. The Kier molecular flexibility index (Phi) is 8.51. The van der Waals surface area contributed by atoms with Gasteiger partial charge in [-0.25, -0.2) is 4.98 Å². The van der Waals surface area contributed by atoms with Gasteiger partial charge >= 0.3 is 0 Å². The van der Waals surface area contributed by atoms with Gasteiger partial charge in [0.2, 0.25) is 5.91 Å². The number of aromatic amines is 1. The smallest absolute Gasteiger partial charge is 0.259 e. The van der Waals surface area contributed by atoms with Gasteiger partial charge in [-0.15, -0.1) is 23.1 Å². The first kappa shape index (κ1) is 24.5. The summed E-state index contributed by atoms with van der Waals surface area (Å²) >= 11 is 3.01. The highest BCUT2D eigenvalue weighted by Gasteiger charge is 2.16. The molecule has 3 aromatic rings. The molecule has 3 rings (SSSR count). The zero-order chi connectivity index (χ0) is 23.3. The van der Waals surface area contributed by atoms with Crippen LogP contribution in [0.2, 0.25) is 0 Å². The number of nitrogens with zero attached hydrogens (tertiary/aromatic N) is 2. The van der Waals surface area contributed by atoms with Crippen LogP contribution in [-0.2, 0) is 23.6 Å². The number of thiophene rings is 1. The molecule has 1 aromatic carbocycles. The van der Waals surface area contributed by atoms with E-state index in [-0.39, 0.29) is 16.7 Å². The minimum Gasteiger partial charge on any atom is -0.351 e. The van der Waals surface area contributed by atoms with E-state index in [9.17, 15) is 9.59 Å². The van der Waals surface area contributed by atoms with Crippen LogP contribution in [0.3, 0.4) is 0 Å². The van der Waals surface area contributed by atoms with Gasteiger partial charge in [-0.3, -0.25) is 14.5 Å². The van der Waals surface area contributed by atoms with E-state index >= 15 is 0 Å². The number of fused-ring (bicyclic) bond motifs is 1. The Balaban J connectivity index is 1.51. The fourth-order valence-corrected chi connectivity index (χ4v) is 5.28. The van der Waals surface area contributed by atoms with E-state index in [1.54, 1.807) is 0 Å². The number of hydrogen-bond donors (Lipinski definition) is 2. The van der Waals surface area contributed by atoms with E-state index in [4.69, 9.17) is 0 Å². The molecule has 0 radical (unpaired) electrons. The van der Waals surface area contributed by atoms with Crippen molar-refractivity contribution >= 4 is 39.2 Å². The number of carbonyl (C=O) groups excluding carboxylic acids is 1. The summed E-state index contributed by atoms with van der Waals surface area (Å²) in [6.07, 6.45) is 0. The quantitative estimate of drug-likeness (QED) is 0.458.